The van der Waals surface area contributed by atoms with E-state index in [-0.39, 0.29) is 17.9 Å². The van der Waals surface area contributed by atoms with E-state index in [1.165, 1.54) is 36.7 Å². The molecule has 1 aromatic heterocycles. The Morgan fingerprint density at radius 3 is 2.58 bits per heavy atom. The van der Waals surface area contributed by atoms with Crippen molar-refractivity contribution >= 4 is 22.6 Å². The molecule has 4 rings (SSSR count). The van der Waals surface area contributed by atoms with Gasteiger partial charge < -0.3 is 10.6 Å². The Balaban J connectivity index is 1.52. The van der Waals surface area contributed by atoms with Crippen LogP contribution in [0.3, 0.4) is 0 Å². The molecule has 0 aliphatic heterocycles. The van der Waals surface area contributed by atoms with Gasteiger partial charge in [0.1, 0.15) is 23.8 Å². The zero-order chi connectivity index (χ0) is 21.8. The van der Waals surface area contributed by atoms with Gasteiger partial charge in [-0.05, 0) is 65.6 Å². The fourth-order valence-corrected chi connectivity index (χ4v) is 3.42. The molecule has 4 aromatic rings. The highest BCUT2D eigenvalue weighted by Crippen LogP contribution is 2.28. The standard InChI is InChI=1S/C24H20F2N4O/c1-27-23-20-13-16(6-8-22(20)29-14-30-23)15-5-7-21(26)17(11-15)9-10-28-24(31)18-3-2-4-19(25)12-18/h2-8,11-14H,9-10H2,1H3,(H,28,31)(H,27,29,30). The second-order valence-electron chi connectivity index (χ2n) is 7.03. The van der Waals surface area contributed by atoms with Crippen LogP contribution in [-0.4, -0.2) is 29.5 Å². The van der Waals surface area contributed by atoms with Crippen LogP contribution >= 0.6 is 0 Å². The number of fused-ring (bicyclic) bond motifs is 1. The minimum absolute atomic E-state index is 0.227. The minimum Gasteiger partial charge on any atom is -0.373 e. The molecule has 0 aliphatic carbocycles. The fraction of sp³-hybridized carbons (Fsp3) is 0.125. The van der Waals surface area contributed by atoms with Gasteiger partial charge in [0.15, 0.2) is 0 Å². The van der Waals surface area contributed by atoms with Gasteiger partial charge in [-0.2, -0.15) is 0 Å². The molecule has 0 unspecified atom stereocenters. The molecule has 0 aliphatic rings. The third-order valence-corrected chi connectivity index (χ3v) is 5.02. The van der Waals surface area contributed by atoms with Gasteiger partial charge in [0.25, 0.3) is 5.91 Å². The number of hydrogen-bond acceptors (Lipinski definition) is 4. The van der Waals surface area contributed by atoms with Crippen LogP contribution in [0.15, 0.2) is 67.0 Å². The van der Waals surface area contributed by atoms with E-state index in [2.05, 4.69) is 20.6 Å². The first-order chi connectivity index (χ1) is 15.0. The average Bonchev–Trinajstić information content (AvgIpc) is 2.79. The molecule has 0 spiro atoms. The maximum Gasteiger partial charge on any atom is 0.251 e. The molecule has 5 nitrogen and oxygen atoms in total. The van der Waals surface area contributed by atoms with Gasteiger partial charge in [-0.15, -0.1) is 0 Å². The van der Waals surface area contributed by atoms with Crippen molar-refractivity contribution in [1.82, 2.24) is 15.3 Å². The second-order valence-corrected chi connectivity index (χ2v) is 7.03. The van der Waals surface area contributed by atoms with Crippen LogP contribution in [0, 0.1) is 11.6 Å². The molecule has 0 bridgehead atoms. The van der Waals surface area contributed by atoms with Gasteiger partial charge in [0.2, 0.25) is 0 Å². The van der Waals surface area contributed by atoms with Gasteiger partial charge in [-0.1, -0.05) is 18.2 Å². The van der Waals surface area contributed by atoms with Crippen LogP contribution in [-0.2, 0) is 6.42 Å². The number of carbonyl (C=O) groups is 1. The summed E-state index contributed by atoms with van der Waals surface area (Å²) in [6.45, 7) is 0.227. The molecular formula is C24H20F2N4O. The van der Waals surface area contributed by atoms with E-state index in [4.69, 9.17) is 0 Å². The van der Waals surface area contributed by atoms with Crippen LogP contribution in [0.5, 0.6) is 0 Å². The summed E-state index contributed by atoms with van der Waals surface area (Å²) in [5, 5.41) is 6.62. The molecule has 0 saturated carbocycles. The first kappa shape index (κ1) is 20.4. The van der Waals surface area contributed by atoms with Crippen molar-refractivity contribution in [3.05, 3.63) is 89.8 Å². The smallest absolute Gasteiger partial charge is 0.251 e. The van der Waals surface area contributed by atoms with Gasteiger partial charge in [0.05, 0.1) is 5.52 Å². The summed E-state index contributed by atoms with van der Waals surface area (Å²) in [5.74, 6) is -0.503. The summed E-state index contributed by atoms with van der Waals surface area (Å²) < 4.78 is 27.6. The molecule has 1 heterocycles. The Labute approximate surface area is 178 Å². The first-order valence-electron chi connectivity index (χ1n) is 9.80. The van der Waals surface area contributed by atoms with Crippen molar-refractivity contribution < 1.29 is 13.6 Å². The number of rotatable bonds is 6. The van der Waals surface area contributed by atoms with Crippen molar-refractivity contribution in [2.75, 3.05) is 18.9 Å². The number of halogens is 2. The summed E-state index contributed by atoms with van der Waals surface area (Å²) in [6, 6.07) is 16.1. The fourth-order valence-electron chi connectivity index (χ4n) is 3.42. The molecular weight excluding hydrogens is 398 g/mol. The molecule has 0 saturated heterocycles. The zero-order valence-corrected chi connectivity index (χ0v) is 16.8. The summed E-state index contributed by atoms with van der Waals surface area (Å²) in [6.07, 6.45) is 1.81. The lowest BCUT2D eigenvalue weighted by Gasteiger charge is -2.10. The predicted octanol–water partition coefficient (Wildman–Crippen LogP) is 4.59. The Kier molecular flexibility index (Phi) is 5.84. The molecule has 156 valence electrons. The number of amides is 1. The van der Waals surface area contributed by atoms with Gasteiger partial charge in [-0.3, -0.25) is 4.79 Å². The van der Waals surface area contributed by atoms with E-state index in [0.717, 1.165) is 22.0 Å². The molecule has 7 heteroatoms. The van der Waals surface area contributed by atoms with Crippen LogP contribution in [0.4, 0.5) is 14.6 Å². The van der Waals surface area contributed by atoms with E-state index in [1.807, 2.05) is 18.2 Å². The van der Waals surface area contributed by atoms with Crippen molar-refractivity contribution in [2.45, 2.75) is 6.42 Å². The monoisotopic (exact) mass is 418 g/mol. The van der Waals surface area contributed by atoms with E-state index < -0.39 is 11.7 Å². The molecule has 2 N–H and O–H groups in total. The van der Waals surface area contributed by atoms with Gasteiger partial charge >= 0.3 is 0 Å². The summed E-state index contributed by atoms with van der Waals surface area (Å²) >= 11 is 0. The highest BCUT2D eigenvalue weighted by Gasteiger charge is 2.10. The molecule has 1 amide bonds. The first-order valence-corrected chi connectivity index (χ1v) is 9.80. The topological polar surface area (TPSA) is 66.9 Å². The van der Waals surface area contributed by atoms with Gasteiger partial charge in [-0.25, -0.2) is 18.7 Å². The highest BCUT2D eigenvalue weighted by atomic mass is 19.1. The van der Waals surface area contributed by atoms with Crippen molar-refractivity contribution in [1.29, 1.82) is 0 Å². The zero-order valence-electron chi connectivity index (χ0n) is 16.8. The number of nitrogens with one attached hydrogen (secondary N) is 2. The number of aromatic nitrogens is 2. The molecule has 0 atom stereocenters. The molecule has 0 fully saturated rings. The predicted molar refractivity (Wildman–Crippen MR) is 117 cm³/mol. The van der Waals surface area contributed by atoms with Crippen molar-refractivity contribution in [3.8, 4) is 11.1 Å². The normalized spacial score (nSPS) is 10.8. The Hall–Kier alpha value is -3.87. The van der Waals surface area contributed by atoms with E-state index >= 15 is 0 Å². The average molecular weight is 418 g/mol. The Morgan fingerprint density at radius 2 is 1.77 bits per heavy atom. The number of hydrogen-bond donors (Lipinski definition) is 2. The lowest BCUT2D eigenvalue weighted by molar-refractivity contribution is 0.0953. The summed E-state index contributed by atoms with van der Waals surface area (Å²) in [4.78, 5) is 20.7. The maximum atomic E-state index is 14.4. The second kappa shape index (κ2) is 8.87. The number of benzene rings is 3. The third kappa shape index (κ3) is 4.50. The van der Waals surface area contributed by atoms with Crippen LogP contribution in [0.1, 0.15) is 15.9 Å². The largest absolute Gasteiger partial charge is 0.373 e. The molecule has 0 radical (unpaired) electrons. The third-order valence-electron chi connectivity index (χ3n) is 5.02. The van der Waals surface area contributed by atoms with Crippen molar-refractivity contribution in [2.24, 2.45) is 0 Å². The van der Waals surface area contributed by atoms with Crippen LogP contribution in [0.2, 0.25) is 0 Å². The number of nitrogens with zero attached hydrogens (tertiary/aromatic N) is 2. The van der Waals surface area contributed by atoms with Crippen LogP contribution in [0.25, 0.3) is 22.0 Å². The van der Waals surface area contributed by atoms with E-state index in [9.17, 15) is 13.6 Å². The summed E-state index contributed by atoms with van der Waals surface area (Å²) in [7, 11) is 1.79. The maximum absolute atomic E-state index is 14.4. The quantitative estimate of drug-likeness (QED) is 0.481. The Morgan fingerprint density at radius 1 is 0.968 bits per heavy atom. The molecule has 3 aromatic carbocycles. The van der Waals surface area contributed by atoms with Gasteiger partial charge in [0, 0.05) is 24.5 Å². The lowest BCUT2D eigenvalue weighted by Crippen LogP contribution is -2.26. The lowest BCUT2D eigenvalue weighted by atomic mass is 10.00. The Bertz CT molecular complexity index is 1260. The molecule has 31 heavy (non-hydrogen) atoms. The van der Waals surface area contributed by atoms with Crippen LogP contribution < -0.4 is 10.6 Å². The number of carbonyl (C=O) groups excluding carboxylic acids is 1. The number of anilines is 1. The minimum atomic E-state index is -0.478. The van der Waals surface area contributed by atoms with Crippen molar-refractivity contribution in [3.63, 3.8) is 0 Å². The van der Waals surface area contributed by atoms with E-state index in [0.29, 0.717) is 17.8 Å². The highest BCUT2D eigenvalue weighted by molar-refractivity contribution is 5.94. The SMILES string of the molecule is CNc1ncnc2ccc(-c3ccc(F)c(CCNC(=O)c4cccc(F)c4)c3)cc12. The van der Waals surface area contributed by atoms with E-state index in [1.54, 1.807) is 19.2 Å². The summed E-state index contributed by atoms with van der Waals surface area (Å²) in [5.41, 5.74) is 3.28.